The molecular weight excluding hydrogens is 390 g/mol. The van der Waals surface area contributed by atoms with Crippen molar-refractivity contribution in [3.63, 3.8) is 0 Å². The first-order valence-corrected chi connectivity index (χ1v) is 9.43. The minimum absolute atomic E-state index is 0.0524. The van der Waals surface area contributed by atoms with Gasteiger partial charge in [-0.15, -0.1) is 5.10 Å². The van der Waals surface area contributed by atoms with Gasteiger partial charge in [0.15, 0.2) is 5.65 Å². The standard InChI is InChI=1S/C21H20F2N6O/c1-12-10-15(11-13(2)25-12)17-18(14-6-4-3-5-7-14)26-20(24)29-19(17)27-28(21(29)30)9-8-16(22)23/h3-7,10-11,16H,8-9H2,1-2H3,(H2,24,26). The number of alkyl halides is 2. The van der Waals surface area contributed by atoms with Crippen LogP contribution >= 0.6 is 0 Å². The number of nitrogens with zero attached hydrogens (tertiary/aromatic N) is 5. The fraction of sp³-hybridized carbons (Fsp3) is 0.238. The molecule has 30 heavy (non-hydrogen) atoms. The number of rotatable bonds is 5. The van der Waals surface area contributed by atoms with Crippen LogP contribution < -0.4 is 11.4 Å². The first kappa shape index (κ1) is 19.7. The van der Waals surface area contributed by atoms with E-state index in [4.69, 9.17) is 5.73 Å². The number of aromatic nitrogens is 5. The normalized spacial score (nSPS) is 11.5. The Balaban J connectivity index is 2.07. The van der Waals surface area contributed by atoms with Crippen LogP contribution in [0.25, 0.3) is 28.0 Å². The van der Waals surface area contributed by atoms with E-state index in [-0.39, 0.29) is 18.1 Å². The molecule has 0 amide bonds. The first-order chi connectivity index (χ1) is 14.3. The van der Waals surface area contributed by atoms with Crippen LogP contribution in [0.15, 0.2) is 47.3 Å². The van der Waals surface area contributed by atoms with Crippen LogP contribution in [0.4, 0.5) is 14.7 Å². The molecule has 3 heterocycles. The number of benzene rings is 1. The number of nitrogen functional groups attached to an aromatic ring is 1. The smallest absolute Gasteiger partial charge is 0.353 e. The molecule has 1 aromatic carbocycles. The van der Waals surface area contributed by atoms with Crippen LogP contribution in [-0.4, -0.2) is 30.6 Å². The van der Waals surface area contributed by atoms with E-state index in [9.17, 15) is 13.6 Å². The van der Waals surface area contributed by atoms with Gasteiger partial charge in [-0.25, -0.2) is 27.6 Å². The number of halogens is 2. The molecular formula is C21H20F2N6O. The van der Waals surface area contributed by atoms with E-state index in [0.717, 1.165) is 27.2 Å². The second-order valence-corrected chi connectivity index (χ2v) is 7.04. The Kier molecular flexibility index (Phi) is 5.03. The topological polar surface area (TPSA) is 91.1 Å². The lowest BCUT2D eigenvalue weighted by molar-refractivity contribution is 0.129. The molecule has 0 saturated carbocycles. The van der Waals surface area contributed by atoms with Crippen molar-refractivity contribution < 1.29 is 8.78 Å². The van der Waals surface area contributed by atoms with Gasteiger partial charge in [-0.2, -0.15) is 0 Å². The van der Waals surface area contributed by atoms with E-state index < -0.39 is 18.5 Å². The molecule has 9 heteroatoms. The van der Waals surface area contributed by atoms with Crippen molar-refractivity contribution in [2.45, 2.75) is 33.2 Å². The lowest BCUT2D eigenvalue weighted by Crippen LogP contribution is -2.24. The van der Waals surface area contributed by atoms with E-state index in [2.05, 4.69) is 15.1 Å². The fourth-order valence-corrected chi connectivity index (χ4v) is 3.52. The molecule has 0 spiro atoms. The Morgan fingerprint density at radius 1 is 1.03 bits per heavy atom. The van der Waals surface area contributed by atoms with Crippen LogP contribution in [-0.2, 0) is 6.54 Å². The zero-order valence-corrected chi connectivity index (χ0v) is 16.5. The number of aryl methyl sites for hydroxylation is 3. The summed E-state index contributed by atoms with van der Waals surface area (Å²) in [5.74, 6) is -0.0524. The number of nitrogens with two attached hydrogens (primary N) is 1. The molecule has 4 aromatic rings. The van der Waals surface area contributed by atoms with Gasteiger partial charge in [0.2, 0.25) is 12.4 Å². The van der Waals surface area contributed by atoms with Crippen molar-refractivity contribution in [2.75, 3.05) is 5.73 Å². The summed E-state index contributed by atoms with van der Waals surface area (Å²) in [4.78, 5) is 21.7. The number of fused-ring (bicyclic) bond motifs is 1. The zero-order chi connectivity index (χ0) is 21.4. The molecule has 3 aromatic heterocycles. The molecule has 0 bridgehead atoms. The monoisotopic (exact) mass is 410 g/mol. The molecule has 0 aliphatic rings. The Hall–Kier alpha value is -3.62. The van der Waals surface area contributed by atoms with Gasteiger partial charge < -0.3 is 5.73 Å². The van der Waals surface area contributed by atoms with Gasteiger partial charge in [-0.05, 0) is 31.5 Å². The lowest BCUT2D eigenvalue weighted by atomic mass is 9.99. The molecule has 2 N–H and O–H groups in total. The number of hydrogen-bond acceptors (Lipinski definition) is 5. The Morgan fingerprint density at radius 2 is 1.70 bits per heavy atom. The van der Waals surface area contributed by atoms with Gasteiger partial charge in [-0.1, -0.05) is 30.3 Å². The Bertz CT molecular complexity index is 1260. The summed E-state index contributed by atoms with van der Waals surface area (Å²) < 4.78 is 27.6. The molecule has 7 nitrogen and oxygen atoms in total. The quantitative estimate of drug-likeness (QED) is 0.544. The summed E-state index contributed by atoms with van der Waals surface area (Å²) in [6.07, 6.45) is -3.02. The van der Waals surface area contributed by atoms with E-state index in [1.54, 1.807) is 0 Å². The molecule has 154 valence electrons. The zero-order valence-electron chi connectivity index (χ0n) is 16.5. The minimum Gasteiger partial charge on any atom is -0.369 e. The van der Waals surface area contributed by atoms with Crippen LogP contribution in [0.1, 0.15) is 17.8 Å². The lowest BCUT2D eigenvalue weighted by Gasteiger charge is -2.13. The molecule has 0 fully saturated rings. The number of hydrogen-bond donors (Lipinski definition) is 1. The van der Waals surface area contributed by atoms with E-state index in [1.807, 2.05) is 56.3 Å². The van der Waals surface area contributed by atoms with Gasteiger partial charge >= 0.3 is 5.69 Å². The van der Waals surface area contributed by atoms with Gasteiger partial charge in [0.25, 0.3) is 0 Å². The number of pyridine rings is 1. The number of anilines is 1. The van der Waals surface area contributed by atoms with E-state index in [1.165, 1.54) is 4.40 Å². The third-order valence-corrected chi connectivity index (χ3v) is 4.73. The molecule has 0 aliphatic heterocycles. The summed E-state index contributed by atoms with van der Waals surface area (Å²) >= 11 is 0. The molecule has 0 radical (unpaired) electrons. The van der Waals surface area contributed by atoms with Crippen LogP contribution in [0.5, 0.6) is 0 Å². The predicted molar refractivity (Wildman–Crippen MR) is 110 cm³/mol. The van der Waals surface area contributed by atoms with Gasteiger partial charge in [0.05, 0.1) is 17.8 Å². The second kappa shape index (κ2) is 7.66. The Labute approximate surface area is 170 Å². The van der Waals surface area contributed by atoms with Crippen molar-refractivity contribution in [3.8, 4) is 22.4 Å². The van der Waals surface area contributed by atoms with Gasteiger partial charge in [-0.3, -0.25) is 4.98 Å². The minimum atomic E-state index is -2.54. The van der Waals surface area contributed by atoms with E-state index in [0.29, 0.717) is 11.3 Å². The van der Waals surface area contributed by atoms with Crippen LogP contribution in [0.3, 0.4) is 0 Å². The summed E-state index contributed by atoms with van der Waals surface area (Å²) in [6, 6.07) is 13.1. The summed E-state index contributed by atoms with van der Waals surface area (Å²) in [6.45, 7) is 3.52. The van der Waals surface area contributed by atoms with Crippen LogP contribution in [0, 0.1) is 13.8 Å². The third kappa shape index (κ3) is 3.54. The van der Waals surface area contributed by atoms with Crippen molar-refractivity contribution in [3.05, 3.63) is 64.3 Å². The molecule has 0 saturated heterocycles. The molecule has 4 rings (SSSR count). The van der Waals surface area contributed by atoms with Gasteiger partial charge in [0, 0.05) is 23.4 Å². The van der Waals surface area contributed by atoms with Gasteiger partial charge in [0.1, 0.15) is 0 Å². The molecule has 0 unspecified atom stereocenters. The summed E-state index contributed by atoms with van der Waals surface area (Å²) in [5, 5.41) is 4.36. The third-order valence-electron chi connectivity index (χ3n) is 4.73. The van der Waals surface area contributed by atoms with Crippen molar-refractivity contribution in [1.29, 1.82) is 0 Å². The maximum Gasteiger partial charge on any atom is 0.353 e. The Morgan fingerprint density at radius 3 is 2.33 bits per heavy atom. The average molecular weight is 410 g/mol. The van der Waals surface area contributed by atoms with Crippen LogP contribution in [0.2, 0.25) is 0 Å². The van der Waals surface area contributed by atoms with Crippen molar-refractivity contribution in [2.24, 2.45) is 0 Å². The first-order valence-electron chi connectivity index (χ1n) is 9.43. The maximum absolute atomic E-state index is 12.8. The second-order valence-electron chi connectivity index (χ2n) is 7.04. The largest absolute Gasteiger partial charge is 0.369 e. The average Bonchev–Trinajstić information content (AvgIpc) is 3.03. The predicted octanol–water partition coefficient (Wildman–Crippen LogP) is 3.47. The summed E-state index contributed by atoms with van der Waals surface area (Å²) in [7, 11) is 0. The fourth-order valence-electron chi connectivity index (χ4n) is 3.52. The SMILES string of the molecule is Cc1cc(-c2c(-c3ccccc3)nc(N)n3c(=O)n(CCC(F)F)nc23)cc(C)n1. The van der Waals surface area contributed by atoms with Crippen molar-refractivity contribution in [1.82, 2.24) is 24.1 Å². The highest BCUT2D eigenvalue weighted by molar-refractivity contribution is 5.90. The molecule has 0 atom stereocenters. The van der Waals surface area contributed by atoms with Crippen molar-refractivity contribution >= 4 is 11.6 Å². The highest BCUT2D eigenvalue weighted by Gasteiger charge is 2.22. The van der Waals surface area contributed by atoms with E-state index >= 15 is 0 Å². The summed E-state index contributed by atoms with van der Waals surface area (Å²) in [5.41, 5.74) is 10.1. The maximum atomic E-state index is 12.8. The highest BCUT2D eigenvalue weighted by atomic mass is 19.3. The highest BCUT2D eigenvalue weighted by Crippen LogP contribution is 2.34. The molecule has 0 aliphatic carbocycles.